The molecule has 0 saturated carbocycles. The van der Waals surface area contributed by atoms with Gasteiger partial charge < -0.3 is 15.0 Å². The number of nitrogens with zero attached hydrogens (tertiary/aromatic N) is 2. The summed E-state index contributed by atoms with van der Waals surface area (Å²) >= 11 is 7.09. The number of thioether (sulfide) groups is 1. The van der Waals surface area contributed by atoms with E-state index in [0.29, 0.717) is 40.1 Å². The van der Waals surface area contributed by atoms with E-state index in [2.05, 4.69) is 10.3 Å². The van der Waals surface area contributed by atoms with E-state index in [4.69, 9.17) is 21.3 Å². The molecule has 2 aromatic carbocycles. The third-order valence-corrected chi connectivity index (χ3v) is 5.78. The average Bonchev–Trinajstić information content (AvgIpc) is 3.12. The summed E-state index contributed by atoms with van der Waals surface area (Å²) in [7, 11) is 1.58. The number of carbonyl (C=O) groups excluding carboxylic acids is 1. The van der Waals surface area contributed by atoms with Gasteiger partial charge in [-0.15, -0.1) is 0 Å². The van der Waals surface area contributed by atoms with Crippen molar-refractivity contribution in [2.24, 2.45) is 0 Å². The van der Waals surface area contributed by atoms with Crippen LogP contribution in [0.1, 0.15) is 0 Å². The summed E-state index contributed by atoms with van der Waals surface area (Å²) < 4.78 is 6.69. The zero-order chi connectivity index (χ0) is 21.1. The number of aromatic amines is 1. The van der Waals surface area contributed by atoms with Crippen LogP contribution >= 0.6 is 23.4 Å². The molecule has 0 spiro atoms. The first-order valence-corrected chi connectivity index (χ1v) is 10.6. The molecule has 154 valence electrons. The molecular formula is C21H19ClN4O3S. The van der Waals surface area contributed by atoms with Crippen molar-refractivity contribution >= 4 is 56.9 Å². The van der Waals surface area contributed by atoms with Crippen LogP contribution in [-0.4, -0.2) is 39.9 Å². The number of methoxy groups -OCH3 is 1. The van der Waals surface area contributed by atoms with Gasteiger partial charge in [0.05, 0.1) is 18.9 Å². The number of carbonyl (C=O) groups is 1. The van der Waals surface area contributed by atoms with E-state index in [1.807, 2.05) is 24.3 Å². The fourth-order valence-corrected chi connectivity index (χ4v) is 4.07. The first-order valence-electron chi connectivity index (χ1n) is 9.25. The van der Waals surface area contributed by atoms with E-state index in [-0.39, 0.29) is 17.2 Å². The van der Waals surface area contributed by atoms with Crippen molar-refractivity contribution in [1.82, 2.24) is 14.5 Å². The third kappa shape index (κ3) is 4.21. The molecule has 0 fully saturated rings. The standard InChI is InChI=1S/C21H19ClN4O3S/c1-29-11-10-26-20(28)19-18(15-4-2-3-5-16(15)24-19)25-21(26)30-12-17(27)23-14-8-6-13(22)7-9-14/h2-9,24H,10-12H2,1H3,(H,23,27). The van der Waals surface area contributed by atoms with Crippen LogP contribution in [0.3, 0.4) is 0 Å². The number of hydrogen-bond acceptors (Lipinski definition) is 5. The molecule has 4 aromatic rings. The fourth-order valence-electron chi connectivity index (χ4n) is 3.13. The van der Waals surface area contributed by atoms with Crippen molar-refractivity contribution in [2.75, 3.05) is 24.8 Å². The highest BCUT2D eigenvalue weighted by molar-refractivity contribution is 7.99. The average molecular weight is 443 g/mol. The van der Waals surface area contributed by atoms with Gasteiger partial charge in [0.15, 0.2) is 5.16 Å². The summed E-state index contributed by atoms with van der Waals surface area (Å²) in [6, 6.07) is 14.5. The molecule has 0 radical (unpaired) electrons. The van der Waals surface area contributed by atoms with Crippen molar-refractivity contribution in [3.8, 4) is 0 Å². The summed E-state index contributed by atoms with van der Waals surface area (Å²) in [5, 5.41) is 4.76. The lowest BCUT2D eigenvalue weighted by Gasteiger charge is -2.11. The molecule has 0 saturated heterocycles. The summed E-state index contributed by atoms with van der Waals surface area (Å²) in [5.41, 5.74) is 2.36. The lowest BCUT2D eigenvalue weighted by atomic mass is 10.2. The number of benzene rings is 2. The Bertz CT molecular complexity index is 1270. The zero-order valence-corrected chi connectivity index (χ0v) is 17.7. The monoisotopic (exact) mass is 442 g/mol. The number of H-pyrrole nitrogens is 1. The molecule has 4 rings (SSSR count). The molecule has 1 amide bonds. The smallest absolute Gasteiger partial charge is 0.278 e. The lowest BCUT2D eigenvalue weighted by Crippen LogP contribution is -2.26. The van der Waals surface area contributed by atoms with Gasteiger partial charge in [0.1, 0.15) is 11.0 Å². The number of fused-ring (bicyclic) bond motifs is 3. The molecule has 2 N–H and O–H groups in total. The Hall–Kier alpha value is -2.81. The Morgan fingerprint density at radius 1 is 1.23 bits per heavy atom. The minimum atomic E-state index is -0.200. The predicted molar refractivity (Wildman–Crippen MR) is 121 cm³/mol. The van der Waals surface area contributed by atoms with Gasteiger partial charge in [0.25, 0.3) is 5.56 Å². The SMILES string of the molecule is COCCn1c(SCC(=O)Nc2ccc(Cl)cc2)nc2c([nH]c3ccccc32)c1=O. The number of para-hydroxylation sites is 1. The molecule has 2 aromatic heterocycles. The van der Waals surface area contributed by atoms with Gasteiger partial charge in [-0.1, -0.05) is 41.6 Å². The molecule has 0 aliphatic carbocycles. The Balaban J connectivity index is 1.64. The summed E-state index contributed by atoms with van der Waals surface area (Å²) in [6.07, 6.45) is 0. The number of ether oxygens (including phenoxy) is 1. The number of anilines is 1. The maximum absolute atomic E-state index is 13.1. The number of hydrogen-bond donors (Lipinski definition) is 2. The Labute approximate surface area is 181 Å². The minimum absolute atomic E-state index is 0.107. The highest BCUT2D eigenvalue weighted by Gasteiger charge is 2.17. The second-order valence-electron chi connectivity index (χ2n) is 6.58. The van der Waals surface area contributed by atoms with Gasteiger partial charge in [-0.3, -0.25) is 14.2 Å². The molecule has 0 bridgehead atoms. The molecule has 0 atom stereocenters. The quantitative estimate of drug-likeness (QED) is 0.334. The molecule has 9 heteroatoms. The van der Waals surface area contributed by atoms with Crippen molar-refractivity contribution in [3.63, 3.8) is 0 Å². The maximum Gasteiger partial charge on any atom is 0.278 e. The van der Waals surface area contributed by atoms with E-state index in [9.17, 15) is 9.59 Å². The topological polar surface area (TPSA) is 89.0 Å². The van der Waals surface area contributed by atoms with Crippen LogP contribution < -0.4 is 10.9 Å². The Morgan fingerprint density at radius 3 is 2.77 bits per heavy atom. The number of rotatable bonds is 7. The number of nitrogens with one attached hydrogen (secondary N) is 2. The normalized spacial score (nSPS) is 11.3. The first kappa shape index (κ1) is 20.5. The largest absolute Gasteiger partial charge is 0.383 e. The number of halogens is 1. The first-order chi connectivity index (χ1) is 14.6. The van der Waals surface area contributed by atoms with E-state index in [1.165, 1.54) is 11.8 Å². The third-order valence-electron chi connectivity index (χ3n) is 4.56. The van der Waals surface area contributed by atoms with Crippen molar-refractivity contribution in [3.05, 3.63) is 63.9 Å². The van der Waals surface area contributed by atoms with E-state index in [1.54, 1.807) is 35.9 Å². The minimum Gasteiger partial charge on any atom is -0.383 e. The van der Waals surface area contributed by atoms with E-state index >= 15 is 0 Å². The molecule has 7 nitrogen and oxygen atoms in total. The highest BCUT2D eigenvalue weighted by Crippen LogP contribution is 2.25. The van der Waals surface area contributed by atoms with Crippen molar-refractivity contribution < 1.29 is 9.53 Å². The van der Waals surface area contributed by atoms with Gasteiger partial charge in [0.2, 0.25) is 5.91 Å². The fraction of sp³-hybridized carbons (Fsp3) is 0.190. The van der Waals surface area contributed by atoms with Crippen LogP contribution in [0, 0.1) is 0 Å². The van der Waals surface area contributed by atoms with Crippen LogP contribution in [-0.2, 0) is 16.1 Å². The zero-order valence-electron chi connectivity index (χ0n) is 16.1. The van der Waals surface area contributed by atoms with E-state index in [0.717, 1.165) is 10.9 Å². The van der Waals surface area contributed by atoms with Gasteiger partial charge in [-0.25, -0.2) is 4.98 Å². The molecule has 0 unspecified atom stereocenters. The Kier molecular flexibility index (Phi) is 6.08. The van der Waals surface area contributed by atoms with Gasteiger partial charge in [-0.05, 0) is 30.3 Å². The van der Waals surface area contributed by atoms with Crippen molar-refractivity contribution in [2.45, 2.75) is 11.7 Å². The predicted octanol–water partition coefficient (Wildman–Crippen LogP) is 3.91. The van der Waals surface area contributed by atoms with Crippen molar-refractivity contribution in [1.29, 1.82) is 0 Å². The summed E-state index contributed by atoms with van der Waals surface area (Å²) in [5.74, 6) is -0.0931. The van der Waals surface area contributed by atoms with Crippen LogP contribution in [0.2, 0.25) is 5.02 Å². The number of amides is 1. The van der Waals surface area contributed by atoms with Gasteiger partial charge >= 0.3 is 0 Å². The Morgan fingerprint density at radius 2 is 2.00 bits per heavy atom. The van der Waals surface area contributed by atoms with Crippen LogP contribution in [0.5, 0.6) is 0 Å². The molecule has 30 heavy (non-hydrogen) atoms. The second-order valence-corrected chi connectivity index (χ2v) is 7.96. The highest BCUT2D eigenvalue weighted by atomic mass is 35.5. The van der Waals surface area contributed by atoms with Gasteiger partial charge in [0, 0.05) is 28.7 Å². The van der Waals surface area contributed by atoms with Crippen LogP contribution in [0.4, 0.5) is 5.69 Å². The summed E-state index contributed by atoms with van der Waals surface area (Å²) in [4.78, 5) is 33.4. The maximum atomic E-state index is 13.1. The molecule has 2 heterocycles. The summed E-state index contributed by atoms with van der Waals surface area (Å²) in [6.45, 7) is 0.701. The molecule has 0 aliphatic heterocycles. The van der Waals surface area contributed by atoms with Crippen LogP contribution in [0.15, 0.2) is 58.5 Å². The number of aromatic nitrogens is 3. The van der Waals surface area contributed by atoms with E-state index < -0.39 is 0 Å². The van der Waals surface area contributed by atoms with Crippen LogP contribution in [0.25, 0.3) is 21.9 Å². The molecule has 0 aliphatic rings. The lowest BCUT2D eigenvalue weighted by molar-refractivity contribution is -0.113. The molecular weight excluding hydrogens is 424 g/mol. The van der Waals surface area contributed by atoms with Gasteiger partial charge in [-0.2, -0.15) is 0 Å². The second kappa shape index (κ2) is 8.91.